The van der Waals surface area contributed by atoms with Gasteiger partial charge in [-0.25, -0.2) is 17.9 Å². The highest BCUT2D eigenvalue weighted by atomic mass is 32.2. The SMILES string of the molecule is CCCNS(=O)(=O)c1ccccc1/C=C(\C)C(=O)O. The fourth-order valence-corrected chi connectivity index (χ4v) is 2.78. The van der Waals surface area contributed by atoms with Gasteiger partial charge in [-0.3, -0.25) is 0 Å². The topological polar surface area (TPSA) is 83.5 Å². The van der Waals surface area contributed by atoms with Crippen LogP contribution in [-0.4, -0.2) is 26.0 Å². The van der Waals surface area contributed by atoms with Crippen molar-refractivity contribution < 1.29 is 18.3 Å². The van der Waals surface area contributed by atoms with Gasteiger partial charge in [-0.15, -0.1) is 0 Å². The van der Waals surface area contributed by atoms with Crippen LogP contribution in [0.25, 0.3) is 6.08 Å². The van der Waals surface area contributed by atoms with Crippen LogP contribution in [0.15, 0.2) is 34.7 Å². The van der Waals surface area contributed by atoms with Crippen molar-refractivity contribution in [3.05, 3.63) is 35.4 Å². The quantitative estimate of drug-likeness (QED) is 0.781. The second-order valence-electron chi connectivity index (χ2n) is 4.07. The zero-order valence-electron chi connectivity index (χ0n) is 10.9. The molecule has 0 spiro atoms. The molecule has 0 radical (unpaired) electrons. The van der Waals surface area contributed by atoms with Crippen LogP contribution in [0.4, 0.5) is 0 Å². The van der Waals surface area contributed by atoms with Crippen LogP contribution >= 0.6 is 0 Å². The minimum absolute atomic E-state index is 0.0816. The first-order valence-electron chi connectivity index (χ1n) is 5.88. The number of carboxylic acids is 1. The minimum atomic E-state index is -3.61. The van der Waals surface area contributed by atoms with E-state index in [1.54, 1.807) is 18.2 Å². The number of carboxylic acid groups (broad SMARTS) is 1. The van der Waals surface area contributed by atoms with Gasteiger partial charge in [0.1, 0.15) is 0 Å². The molecule has 0 atom stereocenters. The van der Waals surface area contributed by atoms with Crippen LogP contribution in [-0.2, 0) is 14.8 Å². The van der Waals surface area contributed by atoms with E-state index >= 15 is 0 Å². The second kappa shape index (κ2) is 6.49. The number of aliphatic carboxylic acids is 1. The predicted octanol–water partition coefficient (Wildman–Crippen LogP) is 1.86. The van der Waals surface area contributed by atoms with Crippen molar-refractivity contribution in [3.63, 3.8) is 0 Å². The first-order chi connectivity index (χ1) is 8.88. The van der Waals surface area contributed by atoms with E-state index < -0.39 is 16.0 Å². The first-order valence-corrected chi connectivity index (χ1v) is 7.37. The Morgan fingerprint density at radius 3 is 2.58 bits per heavy atom. The molecular formula is C13H17NO4S. The number of benzene rings is 1. The number of hydrogen-bond donors (Lipinski definition) is 2. The van der Waals surface area contributed by atoms with E-state index in [4.69, 9.17) is 5.11 Å². The van der Waals surface area contributed by atoms with Gasteiger partial charge in [0.15, 0.2) is 0 Å². The molecule has 0 saturated heterocycles. The fourth-order valence-electron chi connectivity index (χ4n) is 1.45. The zero-order valence-corrected chi connectivity index (χ0v) is 11.7. The van der Waals surface area contributed by atoms with Gasteiger partial charge >= 0.3 is 5.97 Å². The van der Waals surface area contributed by atoms with Gasteiger partial charge in [0.05, 0.1) is 4.90 Å². The van der Waals surface area contributed by atoms with Crippen LogP contribution in [0.5, 0.6) is 0 Å². The molecule has 0 aromatic heterocycles. The molecule has 0 heterocycles. The van der Waals surface area contributed by atoms with Crippen molar-refractivity contribution in [2.75, 3.05) is 6.54 Å². The normalized spacial score (nSPS) is 12.4. The Kier molecular flexibility index (Phi) is 5.26. The Morgan fingerprint density at radius 2 is 2.00 bits per heavy atom. The van der Waals surface area contributed by atoms with Gasteiger partial charge in [0.2, 0.25) is 10.0 Å². The van der Waals surface area contributed by atoms with Gasteiger partial charge in [-0.1, -0.05) is 25.1 Å². The van der Waals surface area contributed by atoms with E-state index in [9.17, 15) is 13.2 Å². The van der Waals surface area contributed by atoms with Crippen LogP contribution in [0.2, 0.25) is 0 Å². The summed E-state index contributed by atoms with van der Waals surface area (Å²) in [5.41, 5.74) is 0.448. The maximum Gasteiger partial charge on any atom is 0.331 e. The molecule has 0 aliphatic heterocycles. The summed E-state index contributed by atoms with van der Waals surface area (Å²) in [7, 11) is -3.61. The Balaban J connectivity index is 3.23. The highest BCUT2D eigenvalue weighted by Gasteiger charge is 2.16. The smallest absolute Gasteiger partial charge is 0.331 e. The van der Waals surface area contributed by atoms with E-state index in [0.29, 0.717) is 18.5 Å². The highest BCUT2D eigenvalue weighted by molar-refractivity contribution is 7.89. The molecule has 1 aromatic carbocycles. The van der Waals surface area contributed by atoms with E-state index in [0.717, 1.165) is 0 Å². The molecule has 1 aromatic rings. The molecule has 19 heavy (non-hydrogen) atoms. The third kappa shape index (κ3) is 4.18. The molecule has 0 fully saturated rings. The minimum Gasteiger partial charge on any atom is -0.478 e. The van der Waals surface area contributed by atoms with E-state index in [1.807, 2.05) is 6.92 Å². The Labute approximate surface area is 113 Å². The lowest BCUT2D eigenvalue weighted by atomic mass is 10.1. The fraction of sp³-hybridized carbons (Fsp3) is 0.308. The maximum absolute atomic E-state index is 12.1. The average Bonchev–Trinajstić information content (AvgIpc) is 2.36. The van der Waals surface area contributed by atoms with E-state index in [-0.39, 0.29) is 10.5 Å². The number of nitrogens with one attached hydrogen (secondary N) is 1. The average molecular weight is 283 g/mol. The zero-order chi connectivity index (χ0) is 14.5. The molecule has 6 heteroatoms. The molecule has 0 unspecified atom stereocenters. The van der Waals surface area contributed by atoms with Crippen molar-refractivity contribution in [2.24, 2.45) is 0 Å². The molecular weight excluding hydrogens is 266 g/mol. The Hall–Kier alpha value is -1.66. The molecule has 0 amide bonds. The number of rotatable bonds is 6. The van der Waals surface area contributed by atoms with Gasteiger partial charge < -0.3 is 5.11 Å². The molecule has 104 valence electrons. The van der Waals surface area contributed by atoms with E-state index in [1.165, 1.54) is 19.1 Å². The molecule has 0 aliphatic carbocycles. The highest BCUT2D eigenvalue weighted by Crippen LogP contribution is 2.18. The second-order valence-corrected chi connectivity index (χ2v) is 5.80. The Bertz CT molecular complexity index is 590. The summed E-state index contributed by atoms with van der Waals surface area (Å²) in [6.07, 6.45) is 2.04. The molecule has 0 aliphatic rings. The van der Waals surface area contributed by atoms with Crippen LogP contribution in [0.3, 0.4) is 0 Å². The van der Waals surface area contributed by atoms with Crippen molar-refractivity contribution in [1.29, 1.82) is 0 Å². The Morgan fingerprint density at radius 1 is 1.37 bits per heavy atom. The predicted molar refractivity (Wildman–Crippen MR) is 73.2 cm³/mol. The lowest BCUT2D eigenvalue weighted by Gasteiger charge is -2.09. The molecule has 1 rings (SSSR count). The summed E-state index contributed by atoms with van der Waals surface area (Å²) in [5.74, 6) is -1.08. The molecule has 2 N–H and O–H groups in total. The molecule has 0 saturated carbocycles. The van der Waals surface area contributed by atoms with Crippen LogP contribution in [0, 0.1) is 0 Å². The van der Waals surface area contributed by atoms with Crippen LogP contribution in [0.1, 0.15) is 25.8 Å². The third-order valence-electron chi connectivity index (χ3n) is 2.46. The van der Waals surface area contributed by atoms with Gasteiger partial charge in [-0.05, 0) is 31.1 Å². The maximum atomic E-state index is 12.1. The lowest BCUT2D eigenvalue weighted by molar-refractivity contribution is -0.132. The monoisotopic (exact) mass is 283 g/mol. The van der Waals surface area contributed by atoms with Gasteiger partial charge in [0, 0.05) is 12.1 Å². The number of carbonyl (C=O) groups is 1. The van der Waals surface area contributed by atoms with Crippen LogP contribution < -0.4 is 4.72 Å². The number of sulfonamides is 1. The van der Waals surface area contributed by atoms with Gasteiger partial charge in [0.25, 0.3) is 0 Å². The summed E-state index contributed by atoms with van der Waals surface area (Å²) >= 11 is 0. The standard InChI is InChI=1S/C13H17NO4S/c1-3-8-14-19(17,18)12-7-5-4-6-11(12)9-10(2)13(15)16/h4-7,9,14H,3,8H2,1-2H3,(H,15,16)/b10-9+. The summed E-state index contributed by atoms with van der Waals surface area (Å²) in [5, 5.41) is 8.85. The third-order valence-corrected chi connectivity index (χ3v) is 3.99. The summed E-state index contributed by atoms with van der Waals surface area (Å²) in [6.45, 7) is 3.63. The van der Waals surface area contributed by atoms with Crippen molar-refractivity contribution in [2.45, 2.75) is 25.2 Å². The molecule has 5 nitrogen and oxygen atoms in total. The van der Waals surface area contributed by atoms with E-state index in [2.05, 4.69) is 4.72 Å². The largest absolute Gasteiger partial charge is 0.478 e. The van der Waals surface area contributed by atoms with Crippen molar-refractivity contribution in [3.8, 4) is 0 Å². The summed E-state index contributed by atoms with van der Waals surface area (Å²) < 4.78 is 26.6. The van der Waals surface area contributed by atoms with Gasteiger partial charge in [-0.2, -0.15) is 0 Å². The lowest BCUT2D eigenvalue weighted by Crippen LogP contribution is -2.25. The van der Waals surface area contributed by atoms with Crippen molar-refractivity contribution in [1.82, 2.24) is 4.72 Å². The number of hydrogen-bond acceptors (Lipinski definition) is 3. The summed E-state index contributed by atoms with van der Waals surface area (Å²) in [4.78, 5) is 10.9. The first kappa shape index (κ1) is 15.4. The molecule has 0 bridgehead atoms. The van der Waals surface area contributed by atoms with Crippen molar-refractivity contribution >= 4 is 22.1 Å². The summed E-state index contributed by atoms with van der Waals surface area (Å²) in [6, 6.07) is 6.31.